The second-order valence-electron chi connectivity index (χ2n) is 11.8. The zero-order chi connectivity index (χ0) is 29.5. The summed E-state index contributed by atoms with van der Waals surface area (Å²) >= 11 is 1.67. The molecule has 0 N–H and O–H groups in total. The summed E-state index contributed by atoms with van der Waals surface area (Å²) in [5.41, 5.74) is 2.55. The summed E-state index contributed by atoms with van der Waals surface area (Å²) < 4.78 is 33.3. The zero-order valence-corrected chi connectivity index (χ0v) is 25.4. The monoisotopic (exact) mass is 592 g/mol. The lowest BCUT2D eigenvalue weighted by Crippen LogP contribution is -2.53. The Labute approximate surface area is 257 Å². The first kappa shape index (κ1) is 28.5. The second-order valence-corrected chi connectivity index (χ2v) is 12.7. The largest absolute Gasteiger partial charge is 0.360 e. The van der Waals surface area contributed by atoms with Crippen LogP contribution in [0.5, 0.6) is 0 Å². The molecule has 7 rings (SSSR count). The fraction of sp³-hybridized carbons (Fsp3) is 0.297. The maximum absolute atomic E-state index is 7.44. The summed E-state index contributed by atoms with van der Waals surface area (Å²) in [6, 6.07) is 41.7. The summed E-state index contributed by atoms with van der Waals surface area (Å²) in [5, 5.41) is 2.20. The molecule has 2 saturated heterocycles. The molecule has 6 heteroatoms. The third-order valence-corrected chi connectivity index (χ3v) is 9.73. The molecule has 43 heavy (non-hydrogen) atoms. The van der Waals surface area contributed by atoms with Gasteiger partial charge in [-0.05, 0) is 53.7 Å². The first-order valence-electron chi connectivity index (χ1n) is 14.7. The Bertz CT molecular complexity index is 1460. The van der Waals surface area contributed by atoms with Crippen molar-refractivity contribution >= 4 is 11.8 Å². The van der Waals surface area contributed by atoms with Crippen molar-refractivity contribution < 1.29 is 23.7 Å². The van der Waals surface area contributed by atoms with E-state index in [0.29, 0.717) is 0 Å². The third kappa shape index (κ3) is 4.78. The van der Waals surface area contributed by atoms with Gasteiger partial charge in [0.15, 0.2) is 12.1 Å². The lowest BCUT2D eigenvalue weighted by molar-refractivity contribution is -0.238. The van der Waals surface area contributed by atoms with Crippen LogP contribution in [-0.4, -0.2) is 44.1 Å². The molecule has 0 aromatic heterocycles. The van der Waals surface area contributed by atoms with Crippen molar-refractivity contribution in [1.82, 2.24) is 0 Å². The molecule has 0 amide bonds. The van der Waals surface area contributed by atoms with Crippen molar-refractivity contribution in [3.05, 3.63) is 149 Å². The molecule has 0 unspecified atom stereocenters. The van der Waals surface area contributed by atoms with Gasteiger partial charge in [0.25, 0.3) is 0 Å². The van der Waals surface area contributed by atoms with E-state index in [2.05, 4.69) is 102 Å². The van der Waals surface area contributed by atoms with E-state index in [1.54, 1.807) is 18.9 Å². The summed E-state index contributed by atoms with van der Waals surface area (Å²) in [6.45, 7) is 4.21. The molecule has 1 saturated carbocycles. The molecular weight excluding hydrogens is 556 g/mol. The maximum atomic E-state index is 7.44. The highest BCUT2D eigenvalue weighted by Crippen LogP contribution is 2.62. The lowest BCUT2D eigenvalue weighted by Gasteiger charge is -2.43. The number of thioether (sulfide) groups is 1. The summed E-state index contributed by atoms with van der Waals surface area (Å²) in [5.74, 6) is -0.752. The van der Waals surface area contributed by atoms with E-state index >= 15 is 0 Å². The van der Waals surface area contributed by atoms with E-state index < -0.39 is 23.1 Å². The van der Waals surface area contributed by atoms with E-state index in [4.69, 9.17) is 23.7 Å². The van der Waals surface area contributed by atoms with Gasteiger partial charge in [-0.1, -0.05) is 121 Å². The van der Waals surface area contributed by atoms with Crippen LogP contribution in [0.4, 0.5) is 0 Å². The Morgan fingerprint density at radius 3 is 1.77 bits per heavy atom. The summed E-state index contributed by atoms with van der Waals surface area (Å²) in [7, 11) is 1.70. The van der Waals surface area contributed by atoms with E-state index in [1.165, 1.54) is 0 Å². The Hall–Kier alpha value is -3.23. The highest BCUT2D eigenvalue weighted by atomic mass is 32.2. The third-order valence-electron chi connectivity index (χ3n) is 8.82. The highest BCUT2D eigenvalue weighted by molar-refractivity contribution is 8.02. The van der Waals surface area contributed by atoms with Crippen molar-refractivity contribution in [2.24, 2.45) is 5.41 Å². The molecule has 5 atom stereocenters. The van der Waals surface area contributed by atoms with Crippen LogP contribution in [0.1, 0.15) is 30.5 Å². The van der Waals surface area contributed by atoms with Crippen LogP contribution in [0.2, 0.25) is 0 Å². The average Bonchev–Trinajstić information content (AvgIpc) is 3.63. The normalized spacial score (nSPS) is 28.3. The van der Waals surface area contributed by atoms with Crippen molar-refractivity contribution in [2.75, 3.05) is 13.7 Å². The summed E-state index contributed by atoms with van der Waals surface area (Å²) in [6.07, 6.45) is -1.46. The van der Waals surface area contributed by atoms with Gasteiger partial charge in [-0.3, -0.25) is 0 Å². The lowest BCUT2D eigenvalue weighted by atomic mass is 9.78. The van der Waals surface area contributed by atoms with E-state index in [-0.39, 0.29) is 24.9 Å². The van der Waals surface area contributed by atoms with E-state index in [0.717, 1.165) is 27.2 Å². The number of hydrogen-bond acceptors (Lipinski definition) is 6. The van der Waals surface area contributed by atoms with Crippen LogP contribution in [0.3, 0.4) is 0 Å². The van der Waals surface area contributed by atoms with E-state index in [9.17, 15) is 0 Å². The minimum absolute atomic E-state index is 0.271. The molecule has 2 bridgehead atoms. The molecular formula is C37H36O5S. The molecule has 4 aromatic carbocycles. The number of benzene rings is 4. The van der Waals surface area contributed by atoms with Crippen molar-refractivity contribution in [3.8, 4) is 0 Å². The molecule has 1 aliphatic carbocycles. The SMILES string of the molecule is CO[C@H]1O[C@H]2/C(=C/Sc3ccccc3)[C@]1(COC(c1ccccc1)(c1ccccc1)c1ccccc1)[C@H]1OC(C)(C)O[C@@H]21. The number of methoxy groups -OCH3 is 1. The molecule has 4 aromatic rings. The Balaban J connectivity index is 1.38. The molecule has 2 aliphatic heterocycles. The van der Waals surface area contributed by atoms with Gasteiger partial charge in [0.05, 0.1) is 12.0 Å². The molecule has 2 heterocycles. The molecule has 5 nitrogen and oxygen atoms in total. The van der Waals surface area contributed by atoms with Crippen LogP contribution < -0.4 is 0 Å². The minimum atomic E-state index is -0.903. The minimum Gasteiger partial charge on any atom is -0.360 e. The van der Waals surface area contributed by atoms with Crippen LogP contribution >= 0.6 is 11.8 Å². The quantitative estimate of drug-likeness (QED) is 0.148. The molecule has 0 spiro atoms. The van der Waals surface area contributed by atoms with Gasteiger partial charge in [0, 0.05) is 12.0 Å². The van der Waals surface area contributed by atoms with Gasteiger partial charge in [0.2, 0.25) is 0 Å². The van der Waals surface area contributed by atoms with Crippen LogP contribution in [-0.2, 0) is 29.3 Å². The van der Waals surface area contributed by atoms with Crippen molar-refractivity contribution in [2.45, 2.75) is 54.7 Å². The maximum Gasteiger partial charge on any atom is 0.172 e. The number of fused-ring (bicyclic) bond motifs is 5. The Morgan fingerprint density at radius 2 is 1.26 bits per heavy atom. The van der Waals surface area contributed by atoms with Gasteiger partial charge in [-0.25, -0.2) is 0 Å². The highest BCUT2D eigenvalue weighted by Gasteiger charge is 2.73. The molecule has 220 valence electrons. The van der Waals surface area contributed by atoms with Gasteiger partial charge in [0.1, 0.15) is 23.9 Å². The topological polar surface area (TPSA) is 46.2 Å². The predicted molar refractivity (Wildman–Crippen MR) is 167 cm³/mol. The van der Waals surface area contributed by atoms with Gasteiger partial charge >= 0.3 is 0 Å². The van der Waals surface area contributed by atoms with Crippen LogP contribution in [0.25, 0.3) is 0 Å². The predicted octanol–water partition coefficient (Wildman–Crippen LogP) is 7.56. The summed E-state index contributed by atoms with van der Waals surface area (Å²) in [4.78, 5) is 1.14. The number of hydrogen-bond donors (Lipinski definition) is 0. The Morgan fingerprint density at radius 1 is 0.744 bits per heavy atom. The van der Waals surface area contributed by atoms with Crippen molar-refractivity contribution in [1.29, 1.82) is 0 Å². The standard InChI is InChI=1S/C37H36O5S/c1-35(2)41-32-31-30(24-43-29-22-14-7-15-23-29)36(33(32)42-35,34(38-3)40-31)25-39-37(26-16-8-4-9-17-26,27-18-10-5-11-19-27)28-20-12-6-13-21-28/h4-24,31-34H,25H2,1-3H3/b30-24-/t31-,32-,33-,34-,36+/m0/s1. The molecule has 3 fully saturated rings. The van der Waals surface area contributed by atoms with Gasteiger partial charge in [-0.2, -0.15) is 0 Å². The first-order chi connectivity index (χ1) is 21.0. The van der Waals surface area contributed by atoms with Gasteiger partial charge in [-0.15, -0.1) is 0 Å². The Kier molecular flexibility index (Phi) is 7.54. The van der Waals surface area contributed by atoms with Crippen LogP contribution in [0.15, 0.2) is 137 Å². The van der Waals surface area contributed by atoms with Crippen molar-refractivity contribution in [3.63, 3.8) is 0 Å². The smallest absolute Gasteiger partial charge is 0.172 e. The number of ether oxygens (including phenoxy) is 5. The van der Waals surface area contributed by atoms with E-state index in [1.807, 2.05) is 38.1 Å². The number of rotatable bonds is 9. The van der Waals surface area contributed by atoms with Gasteiger partial charge < -0.3 is 23.7 Å². The molecule has 0 radical (unpaired) electrons. The fourth-order valence-electron chi connectivity index (χ4n) is 6.99. The first-order valence-corrected chi connectivity index (χ1v) is 15.6. The zero-order valence-electron chi connectivity index (χ0n) is 24.6. The molecule has 3 aliphatic rings. The van der Waals surface area contributed by atoms with Crippen LogP contribution in [0, 0.1) is 5.41 Å². The fourth-order valence-corrected chi connectivity index (χ4v) is 7.92. The average molecular weight is 593 g/mol. The second kappa shape index (κ2) is 11.4.